The van der Waals surface area contributed by atoms with E-state index in [1.54, 1.807) is 0 Å². The Bertz CT molecular complexity index is 548. The summed E-state index contributed by atoms with van der Waals surface area (Å²) in [5.74, 6) is -0.949. The Hall–Kier alpha value is -0.690. The Labute approximate surface area is 117 Å². The first-order valence-corrected chi connectivity index (χ1v) is 7.71. The van der Waals surface area contributed by atoms with Crippen LogP contribution in [0.2, 0.25) is 5.02 Å². The van der Waals surface area contributed by atoms with Crippen molar-refractivity contribution in [2.45, 2.75) is 31.3 Å². The molecule has 4 nitrogen and oxygen atoms in total. The van der Waals surface area contributed by atoms with Crippen molar-refractivity contribution in [1.29, 1.82) is 0 Å². The second-order valence-corrected chi connectivity index (χ2v) is 6.67. The van der Waals surface area contributed by atoms with Crippen LogP contribution in [0.4, 0.5) is 4.39 Å². The SMILES string of the molecule is CCCCN(C)S(=O)(=O)c1cc(Cl)cc(CO)c1F. The van der Waals surface area contributed by atoms with Crippen molar-refractivity contribution in [2.75, 3.05) is 13.6 Å². The molecule has 1 rings (SSSR count). The van der Waals surface area contributed by atoms with Crippen molar-refractivity contribution in [3.8, 4) is 0 Å². The zero-order valence-corrected chi connectivity index (χ0v) is 12.4. The third-order valence-corrected chi connectivity index (χ3v) is 4.84. The molecule has 0 atom stereocenters. The zero-order valence-electron chi connectivity index (χ0n) is 10.9. The van der Waals surface area contributed by atoms with Gasteiger partial charge in [-0.15, -0.1) is 0 Å². The number of sulfonamides is 1. The van der Waals surface area contributed by atoms with E-state index in [4.69, 9.17) is 16.7 Å². The highest BCUT2D eigenvalue weighted by Crippen LogP contribution is 2.26. The highest BCUT2D eigenvalue weighted by molar-refractivity contribution is 7.89. The summed E-state index contributed by atoms with van der Waals surface area (Å²) in [4.78, 5) is -0.498. The van der Waals surface area contributed by atoms with Gasteiger partial charge in [-0.25, -0.2) is 17.1 Å². The zero-order chi connectivity index (χ0) is 14.6. The summed E-state index contributed by atoms with van der Waals surface area (Å²) in [6.07, 6.45) is 1.52. The summed E-state index contributed by atoms with van der Waals surface area (Å²) in [5.41, 5.74) is -0.130. The second kappa shape index (κ2) is 6.65. The van der Waals surface area contributed by atoms with Gasteiger partial charge in [0.05, 0.1) is 6.61 Å². The van der Waals surface area contributed by atoms with Gasteiger partial charge in [0.2, 0.25) is 10.0 Å². The summed E-state index contributed by atoms with van der Waals surface area (Å²) in [5, 5.41) is 9.08. The van der Waals surface area contributed by atoms with Gasteiger partial charge in [-0.05, 0) is 18.6 Å². The molecule has 0 unspecified atom stereocenters. The van der Waals surface area contributed by atoms with Gasteiger partial charge < -0.3 is 5.11 Å². The summed E-state index contributed by atoms with van der Waals surface area (Å²) in [6, 6.07) is 2.27. The van der Waals surface area contributed by atoms with Gasteiger partial charge in [0.15, 0.2) is 0 Å². The minimum Gasteiger partial charge on any atom is -0.392 e. The van der Waals surface area contributed by atoms with Gasteiger partial charge in [0, 0.05) is 24.2 Å². The van der Waals surface area contributed by atoms with Crippen LogP contribution in [0.1, 0.15) is 25.3 Å². The number of benzene rings is 1. The molecule has 1 aromatic carbocycles. The van der Waals surface area contributed by atoms with Crippen molar-refractivity contribution < 1.29 is 17.9 Å². The maximum Gasteiger partial charge on any atom is 0.245 e. The molecular weight excluding hydrogens is 293 g/mol. The van der Waals surface area contributed by atoms with E-state index in [-0.39, 0.29) is 10.6 Å². The first kappa shape index (κ1) is 16.4. The Balaban J connectivity index is 3.25. The smallest absolute Gasteiger partial charge is 0.245 e. The molecular formula is C12H17ClFNO3S. The molecule has 7 heteroatoms. The highest BCUT2D eigenvalue weighted by Gasteiger charge is 2.26. The number of aliphatic hydroxyl groups excluding tert-OH is 1. The van der Waals surface area contributed by atoms with E-state index in [1.807, 2.05) is 6.92 Å². The van der Waals surface area contributed by atoms with Crippen LogP contribution in [0.25, 0.3) is 0 Å². The molecule has 0 aromatic heterocycles. The molecule has 19 heavy (non-hydrogen) atoms. The van der Waals surface area contributed by atoms with Crippen LogP contribution in [0.15, 0.2) is 17.0 Å². The molecule has 0 amide bonds. The number of rotatable bonds is 6. The monoisotopic (exact) mass is 309 g/mol. The third kappa shape index (κ3) is 3.66. The van der Waals surface area contributed by atoms with E-state index in [0.717, 1.165) is 16.8 Å². The second-order valence-electron chi connectivity index (χ2n) is 4.22. The first-order valence-electron chi connectivity index (χ1n) is 5.89. The fourth-order valence-corrected chi connectivity index (χ4v) is 3.23. The van der Waals surface area contributed by atoms with Gasteiger partial charge in [-0.3, -0.25) is 0 Å². The van der Waals surface area contributed by atoms with Crippen molar-refractivity contribution in [2.24, 2.45) is 0 Å². The van der Waals surface area contributed by atoms with E-state index in [2.05, 4.69) is 0 Å². The van der Waals surface area contributed by atoms with Gasteiger partial charge >= 0.3 is 0 Å². The standard InChI is InChI=1S/C12H17ClFNO3S/c1-3-4-5-15(2)19(17,18)11-7-10(13)6-9(8-16)12(11)14/h6-7,16H,3-5,8H2,1-2H3. The number of hydrogen-bond donors (Lipinski definition) is 1. The third-order valence-electron chi connectivity index (χ3n) is 2.76. The van der Waals surface area contributed by atoms with Crippen LogP contribution in [0.5, 0.6) is 0 Å². The lowest BCUT2D eigenvalue weighted by Crippen LogP contribution is -2.29. The average Bonchev–Trinajstić information content (AvgIpc) is 2.37. The largest absolute Gasteiger partial charge is 0.392 e. The molecule has 0 heterocycles. The predicted octanol–water partition coefficient (Wildman–Crippen LogP) is 2.39. The number of halogens is 2. The van der Waals surface area contributed by atoms with E-state index < -0.39 is 27.3 Å². The molecule has 0 aliphatic heterocycles. The Morgan fingerprint density at radius 2 is 2.05 bits per heavy atom. The summed E-state index contributed by atoms with van der Waals surface area (Å²) in [7, 11) is -2.54. The van der Waals surface area contributed by atoms with Crippen LogP contribution in [-0.4, -0.2) is 31.4 Å². The predicted molar refractivity (Wildman–Crippen MR) is 72.1 cm³/mol. The van der Waals surface area contributed by atoms with Gasteiger partial charge in [-0.2, -0.15) is 0 Å². The van der Waals surface area contributed by atoms with E-state index in [1.165, 1.54) is 13.1 Å². The fourth-order valence-electron chi connectivity index (χ4n) is 1.59. The van der Waals surface area contributed by atoms with Crippen LogP contribution < -0.4 is 0 Å². The van der Waals surface area contributed by atoms with Gasteiger partial charge in [0.25, 0.3) is 0 Å². The quantitative estimate of drug-likeness (QED) is 0.878. The molecule has 0 spiro atoms. The van der Waals surface area contributed by atoms with Crippen molar-refractivity contribution in [3.63, 3.8) is 0 Å². The van der Waals surface area contributed by atoms with Crippen LogP contribution in [-0.2, 0) is 16.6 Å². The van der Waals surface area contributed by atoms with Crippen molar-refractivity contribution in [3.05, 3.63) is 28.5 Å². The molecule has 1 aromatic rings. The van der Waals surface area contributed by atoms with Crippen molar-refractivity contribution >= 4 is 21.6 Å². The fraction of sp³-hybridized carbons (Fsp3) is 0.500. The molecule has 1 N–H and O–H groups in total. The topological polar surface area (TPSA) is 57.6 Å². The molecule has 108 valence electrons. The van der Waals surface area contributed by atoms with E-state index in [9.17, 15) is 12.8 Å². The molecule has 0 saturated carbocycles. The maximum atomic E-state index is 14.0. The number of hydrogen-bond acceptors (Lipinski definition) is 3. The van der Waals surface area contributed by atoms with Crippen LogP contribution in [0, 0.1) is 5.82 Å². The summed E-state index contributed by atoms with van der Waals surface area (Å²) < 4.78 is 39.5. The number of unbranched alkanes of at least 4 members (excludes halogenated alkanes) is 1. The number of nitrogens with zero attached hydrogens (tertiary/aromatic N) is 1. The summed E-state index contributed by atoms with van der Waals surface area (Å²) in [6.45, 7) is 1.64. The van der Waals surface area contributed by atoms with E-state index >= 15 is 0 Å². The number of aliphatic hydroxyl groups is 1. The van der Waals surface area contributed by atoms with Crippen molar-refractivity contribution in [1.82, 2.24) is 4.31 Å². The first-order chi connectivity index (χ1) is 8.84. The lowest BCUT2D eigenvalue weighted by Gasteiger charge is -2.18. The minimum absolute atomic E-state index is 0.0768. The lowest BCUT2D eigenvalue weighted by atomic mass is 10.2. The molecule has 0 fully saturated rings. The van der Waals surface area contributed by atoms with Crippen LogP contribution >= 0.6 is 11.6 Å². The molecule has 0 aliphatic carbocycles. The molecule has 0 aliphatic rings. The summed E-state index contributed by atoms with van der Waals surface area (Å²) >= 11 is 5.76. The maximum absolute atomic E-state index is 14.0. The normalized spacial score (nSPS) is 12.1. The van der Waals surface area contributed by atoms with Gasteiger partial charge in [-0.1, -0.05) is 24.9 Å². The van der Waals surface area contributed by atoms with Gasteiger partial charge in [0.1, 0.15) is 10.7 Å². The Morgan fingerprint density at radius 3 is 2.58 bits per heavy atom. The molecule has 0 radical (unpaired) electrons. The highest BCUT2D eigenvalue weighted by atomic mass is 35.5. The van der Waals surface area contributed by atoms with Crippen LogP contribution in [0.3, 0.4) is 0 Å². The minimum atomic E-state index is -3.93. The van der Waals surface area contributed by atoms with E-state index in [0.29, 0.717) is 13.0 Å². The average molecular weight is 310 g/mol. The Kier molecular flexibility index (Phi) is 5.73. The molecule has 0 bridgehead atoms. The Morgan fingerprint density at radius 1 is 1.42 bits per heavy atom. The molecule has 0 saturated heterocycles. The lowest BCUT2D eigenvalue weighted by molar-refractivity contribution is 0.274.